The Hall–Kier alpha value is -0.380. The normalized spacial score (nSPS) is 34.4. The number of amides is 2. The maximum absolute atomic E-state index is 11.5. The van der Waals surface area contributed by atoms with Crippen LogP contribution in [0.15, 0.2) is 0 Å². The molecule has 2 amide bonds. The smallest absolute Gasteiger partial charge is 0.317 e. The summed E-state index contributed by atoms with van der Waals surface area (Å²) < 4.78 is 0. The third kappa shape index (κ3) is 2.10. The summed E-state index contributed by atoms with van der Waals surface area (Å²) >= 11 is 2.03. The van der Waals surface area contributed by atoms with Crippen molar-refractivity contribution in [2.24, 2.45) is 0 Å². The lowest BCUT2D eigenvalue weighted by atomic mass is 10.0. The van der Waals surface area contributed by atoms with Crippen molar-refractivity contribution in [3.05, 3.63) is 0 Å². The van der Waals surface area contributed by atoms with E-state index < -0.39 is 0 Å². The first-order valence-corrected chi connectivity index (χ1v) is 6.94. The van der Waals surface area contributed by atoms with Crippen molar-refractivity contribution in [1.82, 2.24) is 10.2 Å². The Morgan fingerprint density at radius 3 is 3.07 bits per heavy atom. The third-order valence-electron chi connectivity index (χ3n) is 3.45. The number of rotatable bonds is 4. The molecule has 0 spiro atoms. The van der Waals surface area contributed by atoms with Crippen molar-refractivity contribution >= 4 is 17.8 Å². The van der Waals surface area contributed by atoms with Gasteiger partial charge in [-0.25, -0.2) is 4.79 Å². The van der Waals surface area contributed by atoms with Gasteiger partial charge < -0.3 is 10.2 Å². The first-order chi connectivity index (χ1) is 7.24. The molecule has 0 aromatic heterocycles. The van der Waals surface area contributed by atoms with Crippen molar-refractivity contribution in [3.63, 3.8) is 0 Å². The second-order valence-electron chi connectivity index (χ2n) is 4.53. The molecule has 1 N–H and O–H groups in total. The van der Waals surface area contributed by atoms with Gasteiger partial charge in [0, 0.05) is 18.1 Å². The molecule has 3 unspecified atom stereocenters. The molecule has 2 heterocycles. The zero-order valence-electron chi connectivity index (χ0n) is 9.53. The minimum atomic E-state index is 0.116. The quantitative estimate of drug-likeness (QED) is 0.590. The number of nitrogens with zero attached hydrogens (tertiary/aromatic N) is 1. The number of thioether (sulfide) groups is 1. The number of hydrogen-bond donors (Lipinski definition) is 1. The van der Waals surface area contributed by atoms with Crippen molar-refractivity contribution in [3.8, 4) is 0 Å². The maximum Gasteiger partial charge on any atom is 0.317 e. The monoisotopic (exact) mass is 228 g/mol. The van der Waals surface area contributed by atoms with Gasteiger partial charge in [0.25, 0.3) is 0 Å². The number of carbonyl (C=O) groups excluding carboxylic acids is 1. The molecule has 2 aliphatic heterocycles. The molecule has 2 fully saturated rings. The van der Waals surface area contributed by atoms with Crippen molar-refractivity contribution < 1.29 is 4.79 Å². The van der Waals surface area contributed by atoms with Crippen LogP contribution < -0.4 is 5.32 Å². The fourth-order valence-corrected chi connectivity index (χ4v) is 4.21. The Morgan fingerprint density at radius 2 is 2.33 bits per heavy atom. The van der Waals surface area contributed by atoms with Crippen LogP contribution in [0.2, 0.25) is 0 Å². The van der Waals surface area contributed by atoms with Crippen LogP contribution in [-0.4, -0.2) is 41.1 Å². The molecule has 2 rings (SSSR count). The van der Waals surface area contributed by atoms with E-state index in [9.17, 15) is 4.79 Å². The molecule has 15 heavy (non-hydrogen) atoms. The zero-order chi connectivity index (χ0) is 10.8. The van der Waals surface area contributed by atoms with Crippen LogP contribution in [0.1, 0.15) is 32.6 Å². The van der Waals surface area contributed by atoms with Gasteiger partial charge in [0.2, 0.25) is 0 Å². The lowest BCUT2D eigenvalue weighted by molar-refractivity contribution is 0.214. The van der Waals surface area contributed by atoms with E-state index >= 15 is 0 Å². The maximum atomic E-state index is 11.5. The Morgan fingerprint density at radius 1 is 1.53 bits per heavy atom. The van der Waals surface area contributed by atoms with E-state index in [0.29, 0.717) is 17.3 Å². The van der Waals surface area contributed by atoms with Crippen LogP contribution in [0.3, 0.4) is 0 Å². The van der Waals surface area contributed by atoms with Crippen LogP contribution in [0.4, 0.5) is 4.79 Å². The number of likely N-dealkylation sites (N-methyl/N-ethyl adjacent to an activating group) is 1. The molecule has 0 bridgehead atoms. The van der Waals surface area contributed by atoms with Crippen LogP contribution >= 0.6 is 11.8 Å². The van der Waals surface area contributed by atoms with Gasteiger partial charge in [-0.05, 0) is 6.42 Å². The molecule has 3 atom stereocenters. The SMILES string of the molecule is CCCCCC1SCC2NC(=O)N(C)C21. The van der Waals surface area contributed by atoms with Gasteiger partial charge in [0.05, 0.1) is 12.1 Å². The van der Waals surface area contributed by atoms with Gasteiger partial charge in [-0.2, -0.15) is 11.8 Å². The number of carbonyl (C=O) groups is 1. The van der Waals surface area contributed by atoms with Gasteiger partial charge in [0.15, 0.2) is 0 Å². The summed E-state index contributed by atoms with van der Waals surface area (Å²) in [5, 5.41) is 3.71. The van der Waals surface area contributed by atoms with E-state index in [2.05, 4.69) is 12.2 Å². The van der Waals surface area contributed by atoms with E-state index in [-0.39, 0.29) is 6.03 Å². The highest BCUT2D eigenvalue weighted by atomic mass is 32.2. The number of urea groups is 1. The molecule has 0 aliphatic carbocycles. The molecule has 2 aliphatic rings. The molecule has 3 nitrogen and oxygen atoms in total. The highest BCUT2D eigenvalue weighted by Crippen LogP contribution is 2.36. The molecule has 0 aromatic rings. The summed E-state index contributed by atoms with van der Waals surface area (Å²) in [6.45, 7) is 2.23. The topological polar surface area (TPSA) is 32.3 Å². The van der Waals surface area contributed by atoms with Crippen molar-refractivity contribution in [2.75, 3.05) is 12.8 Å². The first kappa shape index (κ1) is 11.1. The van der Waals surface area contributed by atoms with E-state index in [4.69, 9.17) is 0 Å². The predicted octanol–water partition coefficient (Wildman–Crippen LogP) is 2.07. The lowest BCUT2D eigenvalue weighted by Crippen LogP contribution is -2.38. The molecule has 4 heteroatoms. The average molecular weight is 228 g/mol. The summed E-state index contributed by atoms with van der Waals surface area (Å²) in [4.78, 5) is 13.4. The average Bonchev–Trinajstić information content (AvgIpc) is 2.71. The number of nitrogens with one attached hydrogen (secondary N) is 1. The third-order valence-corrected chi connectivity index (χ3v) is 4.95. The second kappa shape index (κ2) is 4.64. The van der Waals surface area contributed by atoms with Crippen LogP contribution in [0.5, 0.6) is 0 Å². The van der Waals surface area contributed by atoms with Gasteiger partial charge in [-0.15, -0.1) is 0 Å². The standard InChI is InChI=1S/C11H20N2OS/c1-3-4-5-6-9-10-8(7-15-9)12-11(14)13(10)2/h8-10H,3-7H2,1-2H3,(H,12,14). The fourth-order valence-electron chi connectivity index (χ4n) is 2.58. The van der Waals surface area contributed by atoms with Crippen LogP contribution in [-0.2, 0) is 0 Å². The van der Waals surface area contributed by atoms with Crippen LogP contribution in [0.25, 0.3) is 0 Å². The molecule has 86 valence electrons. The van der Waals surface area contributed by atoms with Gasteiger partial charge in [0.1, 0.15) is 0 Å². The van der Waals surface area contributed by atoms with Gasteiger partial charge >= 0.3 is 6.03 Å². The first-order valence-electron chi connectivity index (χ1n) is 5.89. The van der Waals surface area contributed by atoms with E-state index in [0.717, 1.165) is 5.75 Å². The Bertz CT molecular complexity index is 247. The summed E-state index contributed by atoms with van der Waals surface area (Å²) in [7, 11) is 1.93. The molecule has 0 aromatic carbocycles. The molecular weight excluding hydrogens is 208 g/mol. The summed E-state index contributed by atoms with van der Waals surface area (Å²) in [5.74, 6) is 1.09. The second-order valence-corrected chi connectivity index (χ2v) is 5.80. The summed E-state index contributed by atoms with van der Waals surface area (Å²) in [5.41, 5.74) is 0. The fraction of sp³-hybridized carbons (Fsp3) is 0.909. The largest absolute Gasteiger partial charge is 0.332 e. The lowest BCUT2D eigenvalue weighted by Gasteiger charge is -2.23. The van der Waals surface area contributed by atoms with E-state index in [1.54, 1.807) is 0 Å². The highest BCUT2D eigenvalue weighted by molar-refractivity contribution is 8.00. The van der Waals surface area contributed by atoms with Gasteiger partial charge in [-0.1, -0.05) is 26.2 Å². The molecule has 2 saturated heterocycles. The van der Waals surface area contributed by atoms with E-state index in [1.165, 1.54) is 25.7 Å². The Balaban J connectivity index is 1.89. The van der Waals surface area contributed by atoms with E-state index in [1.807, 2.05) is 23.7 Å². The Kier molecular flexibility index (Phi) is 3.44. The minimum Gasteiger partial charge on any atom is -0.332 e. The van der Waals surface area contributed by atoms with Crippen molar-refractivity contribution in [1.29, 1.82) is 0 Å². The molecule has 0 radical (unpaired) electrons. The number of fused-ring (bicyclic) bond motifs is 1. The number of hydrogen-bond acceptors (Lipinski definition) is 2. The van der Waals surface area contributed by atoms with Gasteiger partial charge in [-0.3, -0.25) is 0 Å². The summed E-state index contributed by atoms with van der Waals surface area (Å²) in [6, 6.07) is 0.962. The molecule has 0 saturated carbocycles. The van der Waals surface area contributed by atoms with Crippen molar-refractivity contribution in [2.45, 2.75) is 49.9 Å². The molecular formula is C11H20N2OS. The number of unbranched alkanes of at least 4 members (excludes halogenated alkanes) is 2. The highest BCUT2D eigenvalue weighted by Gasteiger charge is 2.46. The zero-order valence-corrected chi connectivity index (χ0v) is 10.3. The summed E-state index contributed by atoms with van der Waals surface area (Å²) in [6.07, 6.45) is 5.16. The Labute approximate surface area is 96.0 Å². The van der Waals surface area contributed by atoms with Crippen LogP contribution in [0, 0.1) is 0 Å². The predicted molar refractivity (Wildman–Crippen MR) is 64.3 cm³/mol. The minimum absolute atomic E-state index is 0.116.